The number of hydrogen-bond donors (Lipinski definition) is 0. The van der Waals surface area contributed by atoms with Gasteiger partial charge >= 0.3 is 0 Å². The first-order valence-electron chi connectivity index (χ1n) is 6.98. The van der Waals surface area contributed by atoms with Crippen LogP contribution in [0.2, 0.25) is 0 Å². The third-order valence-electron chi connectivity index (χ3n) is 4.10. The number of halogens is 1. The molecule has 1 aromatic carbocycles. The maximum atomic E-state index is 14.0. The highest BCUT2D eigenvalue weighted by atomic mass is 32.2. The van der Waals surface area contributed by atoms with Crippen molar-refractivity contribution in [1.29, 1.82) is 0 Å². The fourth-order valence-corrected chi connectivity index (χ4v) is 3.65. The van der Waals surface area contributed by atoms with Gasteiger partial charge in [-0.05, 0) is 71.9 Å². The molecule has 3 rings (SSSR count). The Labute approximate surface area is 123 Å². The quantitative estimate of drug-likeness (QED) is 0.724. The molecule has 1 aliphatic rings. The Morgan fingerprint density at radius 1 is 1.25 bits per heavy atom. The van der Waals surface area contributed by atoms with Crippen LogP contribution < -0.4 is 0 Å². The van der Waals surface area contributed by atoms with E-state index in [9.17, 15) is 4.39 Å². The first kappa shape index (κ1) is 13.6. The van der Waals surface area contributed by atoms with Gasteiger partial charge < -0.3 is 0 Å². The van der Waals surface area contributed by atoms with Gasteiger partial charge in [0.1, 0.15) is 5.82 Å². The van der Waals surface area contributed by atoms with E-state index in [1.54, 1.807) is 36.3 Å². The van der Waals surface area contributed by atoms with Gasteiger partial charge in [-0.1, -0.05) is 6.92 Å². The van der Waals surface area contributed by atoms with E-state index in [1.807, 2.05) is 12.1 Å². The summed E-state index contributed by atoms with van der Waals surface area (Å²) in [4.78, 5) is 5.25. The van der Waals surface area contributed by atoms with Gasteiger partial charge in [-0.3, -0.25) is 4.98 Å². The highest BCUT2D eigenvalue weighted by molar-refractivity contribution is 7.98. The van der Waals surface area contributed by atoms with Crippen molar-refractivity contribution in [2.24, 2.45) is 5.92 Å². The fraction of sp³-hybridized carbons (Fsp3) is 0.353. The Kier molecular flexibility index (Phi) is 3.79. The van der Waals surface area contributed by atoms with E-state index >= 15 is 0 Å². The second-order valence-corrected chi connectivity index (χ2v) is 6.25. The number of rotatable bonds is 4. The Hall–Kier alpha value is -1.35. The van der Waals surface area contributed by atoms with E-state index in [0.29, 0.717) is 5.92 Å². The maximum absolute atomic E-state index is 14.0. The molecule has 1 saturated carbocycles. The van der Waals surface area contributed by atoms with Crippen molar-refractivity contribution in [2.75, 3.05) is 6.26 Å². The summed E-state index contributed by atoms with van der Waals surface area (Å²) in [6.07, 6.45) is 8.13. The smallest absolute Gasteiger partial charge is 0.124 e. The lowest BCUT2D eigenvalue weighted by atomic mass is 9.92. The van der Waals surface area contributed by atoms with Gasteiger partial charge in [0.25, 0.3) is 0 Å². The molecule has 0 amide bonds. The van der Waals surface area contributed by atoms with E-state index < -0.39 is 0 Å². The molecule has 1 aromatic heterocycles. The molecule has 1 heterocycles. The zero-order valence-corrected chi connectivity index (χ0v) is 12.6. The van der Waals surface area contributed by atoms with Crippen molar-refractivity contribution in [3.05, 3.63) is 48.0 Å². The van der Waals surface area contributed by atoms with Crippen molar-refractivity contribution in [1.82, 2.24) is 4.98 Å². The van der Waals surface area contributed by atoms with Crippen LogP contribution in [-0.2, 0) is 0 Å². The zero-order valence-electron chi connectivity index (χ0n) is 11.8. The molecule has 0 bridgehead atoms. The number of benzene rings is 1. The number of aromatic nitrogens is 1. The van der Waals surface area contributed by atoms with Gasteiger partial charge in [0.15, 0.2) is 0 Å². The second kappa shape index (κ2) is 5.57. The number of hydrogen-bond acceptors (Lipinski definition) is 2. The highest BCUT2D eigenvalue weighted by Gasteiger charge is 2.31. The van der Waals surface area contributed by atoms with Crippen LogP contribution in [0.15, 0.2) is 41.6 Å². The van der Waals surface area contributed by atoms with Crippen LogP contribution >= 0.6 is 11.8 Å². The van der Waals surface area contributed by atoms with E-state index in [4.69, 9.17) is 0 Å². The molecular formula is C17H18FNS. The Balaban J connectivity index is 2.14. The summed E-state index contributed by atoms with van der Waals surface area (Å²) in [5.41, 5.74) is 3.18. The topological polar surface area (TPSA) is 12.9 Å². The Morgan fingerprint density at radius 2 is 1.95 bits per heavy atom. The van der Waals surface area contributed by atoms with Crippen molar-refractivity contribution < 1.29 is 4.39 Å². The second-order valence-electron chi connectivity index (χ2n) is 5.44. The van der Waals surface area contributed by atoms with Crippen molar-refractivity contribution in [3.8, 4) is 11.1 Å². The summed E-state index contributed by atoms with van der Waals surface area (Å²) in [5.74, 6) is 1.03. The van der Waals surface area contributed by atoms with E-state index in [0.717, 1.165) is 22.6 Å². The molecule has 104 valence electrons. The lowest BCUT2D eigenvalue weighted by molar-refractivity contribution is 0.606. The minimum Gasteiger partial charge on any atom is -0.265 e. The minimum absolute atomic E-state index is 0.142. The van der Waals surface area contributed by atoms with Gasteiger partial charge in [0.2, 0.25) is 0 Å². The Morgan fingerprint density at radius 3 is 2.55 bits per heavy atom. The molecule has 0 aliphatic heterocycles. The van der Waals surface area contributed by atoms with Crippen LogP contribution in [0.1, 0.15) is 31.2 Å². The van der Waals surface area contributed by atoms with Crippen LogP contribution in [0.5, 0.6) is 0 Å². The predicted octanol–water partition coefficient (Wildman–Crippen LogP) is 5.12. The first-order valence-corrected chi connectivity index (χ1v) is 8.21. The normalized spacial score (nSPS) is 16.1. The van der Waals surface area contributed by atoms with Gasteiger partial charge in [0, 0.05) is 17.3 Å². The molecule has 20 heavy (non-hydrogen) atoms. The molecule has 0 radical (unpaired) electrons. The SMILES string of the molecule is CSc1c(-c2ccncc2)cc(F)cc1C(C)C1CC1. The molecule has 1 aliphatic carbocycles. The van der Waals surface area contributed by atoms with Gasteiger partial charge in [-0.25, -0.2) is 4.39 Å². The van der Waals surface area contributed by atoms with Crippen molar-refractivity contribution >= 4 is 11.8 Å². The van der Waals surface area contributed by atoms with E-state index in [-0.39, 0.29) is 5.82 Å². The third kappa shape index (κ3) is 2.59. The highest BCUT2D eigenvalue weighted by Crippen LogP contribution is 2.46. The Bertz CT molecular complexity index is 608. The van der Waals surface area contributed by atoms with Crippen LogP contribution in [0, 0.1) is 11.7 Å². The third-order valence-corrected chi connectivity index (χ3v) is 4.96. The van der Waals surface area contributed by atoms with Crippen LogP contribution in [0.4, 0.5) is 4.39 Å². The van der Waals surface area contributed by atoms with Crippen LogP contribution in [-0.4, -0.2) is 11.2 Å². The van der Waals surface area contributed by atoms with Crippen LogP contribution in [0.25, 0.3) is 11.1 Å². The lowest BCUT2D eigenvalue weighted by Gasteiger charge is -2.18. The van der Waals surface area contributed by atoms with Gasteiger partial charge in [0.05, 0.1) is 0 Å². The summed E-state index contributed by atoms with van der Waals surface area (Å²) in [6, 6.07) is 7.25. The van der Waals surface area contributed by atoms with Crippen molar-refractivity contribution in [3.63, 3.8) is 0 Å². The molecule has 1 nitrogen and oxygen atoms in total. The summed E-state index contributed by atoms with van der Waals surface area (Å²) in [7, 11) is 0. The summed E-state index contributed by atoms with van der Waals surface area (Å²) >= 11 is 1.71. The average Bonchev–Trinajstić information content (AvgIpc) is 3.31. The molecule has 1 fully saturated rings. The molecular weight excluding hydrogens is 269 g/mol. The van der Waals surface area contributed by atoms with Crippen LogP contribution in [0.3, 0.4) is 0 Å². The predicted molar refractivity (Wildman–Crippen MR) is 82.6 cm³/mol. The van der Waals surface area contributed by atoms with E-state index in [2.05, 4.69) is 18.2 Å². The zero-order chi connectivity index (χ0) is 14.1. The molecule has 0 spiro atoms. The monoisotopic (exact) mass is 287 g/mol. The van der Waals surface area contributed by atoms with Crippen molar-refractivity contribution in [2.45, 2.75) is 30.6 Å². The number of nitrogens with zero attached hydrogens (tertiary/aromatic N) is 1. The molecule has 2 aromatic rings. The molecule has 0 N–H and O–H groups in total. The lowest BCUT2D eigenvalue weighted by Crippen LogP contribution is -2.01. The average molecular weight is 287 g/mol. The number of pyridine rings is 1. The minimum atomic E-state index is -0.142. The first-order chi connectivity index (χ1) is 9.70. The maximum Gasteiger partial charge on any atom is 0.124 e. The fourth-order valence-electron chi connectivity index (χ4n) is 2.78. The molecule has 1 unspecified atom stereocenters. The standard InChI is InChI=1S/C17H18FNS/c1-11(12-3-4-12)15-9-14(18)10-16(17(15)20-2)13-5-7-19-8-6-13/h5-12H,3-4H2,1-2H3. The number of thioether (sulfide) groups is 1. The van der Waals surface area contributed by atoms with Gasteiger partial charge in [-0.15, -0.1) is 11.8 Å². The molecule has 0 saturated heterocycles. The summed E-state index contributed by atoms with van der Waals surface area (Å²) in [5, 5.41) is 0. The molecule has 3 heteroatoms. The summed E-state index contributed by atoms with van der Waals surface area (Å²) in [6.45, 7) is 2.22. The summed E-state index contributed by atoms with van der Waals surface area (Å²) < 4.78 is 14.0. The van der Waals surface area contributed by atoms with E-state index in [1.165, 1.54) is 17.7 Å². The largest absolute Gasteiger partial charge is 0.265 e. The molecule has 1 atom stereocenters. The van der Waals surface area contributed by atoms with Gasteiger partial charge in [-0.2, -0.15) is 0 Å².